The van der Waals surface area contributed by atoms with E-state index in [2.05, 4.69) is 4.98 Å². The largest absolute Gasteiger partial charge is 0.480 e. The van der Waals surface area contributed by atoms with E-state index >= 15 is 0 Å². The molecule has 26 heavy (non-hydrogen) atoms. The Labute approximate surface area is 163 Å². The first-order valence-electron chi connectivity index (χ1n) is 7.16. The summed E-state index contributed by atoms with van der Waals surface area (Å²) in [5, 5.41) is 10.4. The second-order valence-electron chi connectivity index (χ2n) is 5.38. The number of aromatic nitrogens is 1. The van der Waals surface area contributed by atoms with E-state index < -0.39 is 22.5 Å². The summed E-state index contributed by atoms with van der Waals surface area (Å²) in [6.07, 6.45) is 1.56. The molecule has 0 amide bonds. The van der Waals surface area contributed by atoms with Crippen LogP contribution in [0.5, 0.6) is 0 Å². The zero-order valence-electron chi connectivity index (χ0n) is 12.9. The van der Waals surface area contributed by atoms with Crippen molar-refractivity contribution in [2.45, 2.75) is 4.90 Å². The Morgan fingerprint density at radius 2 is 1.73 bits per heavy atom. The molecule has 1 aromatic heterocycles. The summed E-state index contributed by atoms with van der Waals surface area (Å²) in [5.41, 5.74) is 0.842. The van der Waals surface area contributed by atoms with Gasteiger partial charge in [-0.05, 0) is 36.4 Å². The molecule has 0 bridgehead atoms. The van der Waals surface area contributed by atoms with Crippen molar-refractivity contribution in [3.63, 3.8) is 0 Å². The number of benzene rings is 2. The van der Waals surface area contributed by atoms with Crippen LogP contribution >= 0.6 is 34.8 Å². The highest BCUT2D eigenvalue weighted by Crippen LogP contribution is 2.32. The number of nitrogens with one attached hydrogen (secondary N) is 1. The number of hydrogen-bond donors (Lipinski definition) is 2. The second kappa shape index (κ2) is 7.00. The van der Waals surface area contributed by atoms with Gasteiger partial charge in [0.15, 0.2) is 0 Å². The number of hydrogen-bond acceptors (Lipinski definition) is 3. The molecular weight excluding hydrogens is 423 g/mol. The molecule has 3 aromatic rings. The molecule has 0 aliphatic heterocycles. The average Bonchev–Trinajstić information content (AvgIpc) is 2.92. The van der Waals surface area contributed by atoms with Crippen molar-refractivity contribution in [2.24, 2.45) is 0 Å². The molecule has 10 heteroatoms. The van der Waals surface area contributed by atoms with Crippen LogP contribution in [-0.2, 0) is 14.8 Å². The van der Waals surface area contributed by atoms with Crippen molar-refractivity contribution in [1.29, 1.82) is 0 Å². The third-order valence-electron chi connectivity index (χ3n) is 3.61. The lowest BCUT2D eigenvalue weighted by molar-refractivity contribution is -0.135. The number of fused-ring (bicyclic) bond motifs is 1. The van der Waals surface area contributed by atoms with Crippen molar-refractivity contribution in [3.8, 4) is 0 Å². The van der Waals surface area contributed by atoms with E-state index in [9.17, 15) is 18.3 Å². The average molecular weight is 434 g/mol. The molecule has 1 heterocycles. The summed E-state index contributed by atoms with van der Waals surface area (Å²) in [5.74, 6) is -1.32. The zero-order valence-corrected chi connectivity index (χ0v) is 16.0. The van der Waals surface area contributed by atoms with Gasteiger partial charge in [0, 0.05) is 27.1 Å². The fourth-order valence-corrected chi connectivity index (χ4v) is 4.82. The Morgan fingerprint density at radius 1 is 1.08 bits per heavy atom. The van der Waals surface area contributed by atoms with Crippen molar-refractivity contribution in [3.05, 3.63) is 57.7 Å². The minimum Gasteiger partial charge on any atom is -0.480 e. The van der Waals surface area contributed by atoms with E-state index in [0.717, 1.165) is 4.31 Å². The predicted molar refractivity (Wildman–Crippen MR) is 102 cm³/mol. The van der Waals surface area contributed by atoms with Gasteiger partial charge in [0.2, 0.25) is 0 Å². The molecule has 0 fully saturated rings. The Morgan fingerprint density at radius 3 is 2.35 bits per heavy atom. The van der Waals surface area contributed by atoms with Gasteiger partial charge in [0.05, 0.1) is 15.6 Å². The van der Waals surface area contributed by atoms with E-state index in [4.69, 9.17) is 34.8 Å². The van der Waals surface area contributed by atoms with Gasteiger partial charge < -0.3 is 10.1 Å². The number of anilines is 1. The summed E-state index contributed by atoms with van der Waals surface area (Å²) < 4.78 is 26.8. The third kappa shape index (κ3) is 3.61. The third-order valence-corrected chi connectivity index (χ3v) is 6.11. The van der Waals surface area contributed by atoms with Gasteiger partial charge >= 0.3 is 5.97 Å². The topological polar surface area (TPSA) is 90.5 Å². The van der Waals surface area contributed by atoms with Crippen LogP contribution in [0.3, 0.4) is 0 Å². The summed E-state index contributed by atoms with van der Waals surface area (Å²) in [6.45, 7) is -0.778. The number of nitrogens with zero attached hydrogens (tertiary/aromatic N) is 1. The van der Waals surface area contributed by atoms with Crippen molar-refractivity contribution < 1.29 is 18.3 Å². The van der Waals surface area contributed by atoms with Crippen molar-refractivity contribution >= 4 is 67.4 Å². The molecule has 0 radical (unpaired) electrons. The molecule has 2 N–H and O–H groups in total. The highest BCUT2D eigenvalue weighted by molar-refractivity contribution is 7.92. The SMILES string of the molecule is O=C(O)CN(c1ccc2[nH]cc(Cl)c2c1)S(=O)(=O)c1cc(Cl)cc(Cl)c1. The number of halogens is 3. The number of carbonyl (C=O) groups is 1. The number of aromatic amines is 1. The van der Waals surface area contributed by atoms with Crippen LogP contribution in [0.2, 0.25) is 15.1 Å². The normalized spacial score (nSPS) is 11.7. The Kier molecular flexibility index (Phi) is 5.07. The fraction of sp³-hybridized carbons (Fsp3) is 0.0625. The van der Waals surface area contributed by atoms with E-state index in [1.54, 1.807) is 12.3 Å². The zero-order chi connectivity index (χ0) is 19.1. The molecule has 0 aliphatic carbocycles. The summed E-state index contributed by atoms with van der Waals surface area (Å²) >= 11 is 17.9. The van der Waals surface area contributed by atoms with Gasteiger partial charge in [-0.3, -0.25) is 9.10 Å². The van der Waals surface area contributed by atoms with Crippen LogP contribution < -0.4 is 4.31 Å². The first-order chi connectivity index (χ1) is 12.2. The van der Waals surface area contributed by atoms with E-state index in [1.807, 2.05) is 0 Å². The van der Waals surface area contributed by atoms with Gasteiger partial charge in [-0.15, -0.1) is 0 Å². The lowest BCUT2D eigenvalue weighted by Crippen LogP contribution is -2.35. The molecule has 0 atom stereocenters. The number of carboxylic acid groups (broad SMARTS) is 1. The molecule has 0 spiro atoms. The predicted octanol–water partition coefficient (Wildman–Crippen LogP) is 4.41. The number of sulfonamides is 1. The van der Waals surface area contributed by atoms with E-state index in [0.29, 0.717) is 15.9 Å². The molecule has 136 valence electrons. The standard InChI is InChI=1S/C16H11Cl3N2O4S/c17-9-3-10(18)5-12(4-9)26(24,25)21(8-16(22)23)11-1-2-15-13(6-11)14(19)7-20-15/h1-7,20H,8H2,(H,22,23). The molecule has 0 aliphatic rings. The van der Waals surface area contributed by atoms with Crippen LogP contribution in [0.15, 0.2) is 47.5 Å². The first-order valence-corrected chi connectivity index (χ1v) is 9.73. The fourth-order valence-electron chi connectivity index (χ4n) is 2.47. The number of rotatable bonds is 5. The van der Waals surface area contributed by atoms with Crippen LogP contribution in [0.1, 0.15) is 0 Å². The Hall–Kier alpha value is -1.93. The van der Waals surface area contributed by atoms with Gasteiger partial charge in [0.25, 0.3) is 10.0 Å². The quantitative estimate of drug-likeness (QED) is 0.623. The summed E-state index contributed by atoms with van der Waals surface area (Å²) in [7, 11) is -4.23. The highest BCUT2D eigenvalue weighted by Gasteiger charge is 2.28. The maximum atomic E-state index is 13.0. The monoisotopic (exact) mass is 432 g/mol. The van der Waals surface area contributed by atoms with Crippen LogP contribution in [0.4, 0.5) is 5.69 Å². The van der Waals surface area contributed by atoms with Crippen LogP contribution in [-0.4, -0.2) is 31.0 Å². The lowest BCUT2D eigenvalue weighted by Gasteiger charge is -2.23. The Balaban J connectivity index is 2.17. The number of aliphatic carboxylic acids is 1. The molecule has 6 nitrogen and oxygen atoms in total. The molecule has 3 rings (SSSR count). The maximum absolute atomic E-state index is 13.0. The smallest absolute Gasteiger partial charge is 0.324 e. The molecular formula is C16H11Cl3N2O4S. The van der Waals surface area contributed by atoms with Gasteiger partial charge in [-0.1, -0.05) is 34.8 Å². The molecule has 0 saturated carbocycles. The van der Waals surface area contributed by atoms with Crippen LogP contribution in [0, 0.1) is 0 Å². The Bertz CT molecular complexity index is 1090. The van der Waals surface area contributed by atoms with Gasteiger partial charge in [-0.2, -0.15) is 0 Å². The number of carboxylic acids is 1. The van der Waals surface area contributed by atoms with Crippen LogP contribution in [0.25, 0.3) is 10.9 Å². The minimum atomic E-state index is -4.23. The highest BCUT2D eigenvalue weighted by atomic mass is 35.5. The van der Waals surface area contributed by atoms with Gasteiger partial charge in [-0.25, -0.2) is 8.42 Å². The van der Waals surface area contributed by atoms with E-state index in [-0.39, 0.29) is 20.6 Å². The van der Waals surface area contributed by atoms with Crippen molar-refractivity contribution in [2.75, 3.05) is 10.8 Å². The first kappa shape index (κ1) is 18.8. The summed E-state index contributed by atoms with van der Waals surface area (Å²) in [4.78, 5) is 14.0. The molecule has 2 aromatic carbocycles. The van der Waals surface area contributed by atoms with Crippen molar-refractivity contribution in [1.82, 2.24) is 4.98 Å². The molecule has 0 unspecified atom stereocenters. The van der Waals surface area contributed by atoms with Gasteiger partial charge in [0.1, 0.15) is 6.54 Å². The second-order valence-corrected chi connectivity index (χ2v) is 8.52. The minimum absolute atomic E-state index is 0.121. The van der Waals surface area contributed by atoms with E-state index in [1.165, 1.54) is 30.3 Å². The number of H-pyrrole nitrogens is 1. The maximum Gasteiger partial charge on any atom is 0.324 e. The lowest BCUT2D eigenvalue weighted by atomic mass is 10.2. The molecule has 0 saturated heterocycles. The summed E-state index contributed by atoms with van der Waals surface area (Å²) in [6, 6.07) is 8.41.